The molecule has 0 aromatic heterocycles. The zero-order valence-electron chi connectivity index (χ0n) is 18.9. The molecule has 7 nitrogen and oxygen atoms in total. The van der Waals surface area contributed by atoms with Crippen molar-refractivity contribution in [1.82, 2.24) is 10.6 Å². The zero-order chi connectivity index (χ0) is 23.6. The molecule has 0 aliphatic carbocycles. The van der Waals surface area contributed by atoms with Crippen LogP contribution in [-0.4, -0.2) is 41.4 Å². The smallest absolute Gasteiger partial charge is 0.407 e. The number of amides is 2. The van der Waals surface area contributed by atoms with Gasteiger partial charge in [0.2, 0.25) is 13.3 Å². The molecule has 2 unspecified atom stereocenters. The van der Waals surface area contributed by atoms with E-state index in [-0.39, 0.29) is 24.8 Å². The molecule has 2 rings (SSSR count). The summed E-state index contributed by atoms with van der Waals surface area (Å²) in [5.41, 5.74) is 1.22. The van der Waals surface area contributed by atoms with Crippen molar-refractivity contribution in [2.75, 3.05) is 18.9 Å². The maximum Gasteiger partial charge on any atom is 0.407 e. The molecule has 3 N–H and O–H groups in total. The summed E-state index contributed by atoms with van der Waals surface area (Å²) in [6.45, 7) is 5.57. The van der Waals surface area contributed by atoms with Crippen LogP contribution < -0.4 is 10.6 Å². The molecule has 2 atom stereocenters. The minimum atomic E-state index is -3.67. The van der Waals surface area contributed by atoms with Crippen LogP contribution in [0.1, 0.15) is 31.9 Å². The lowest BCUT2D eigenvalue weighted by atomic mass is 10.00. The van der Waals surface area contributed by atoms with Gasteiger partial charge in [0.1, 0.15) is 5.60 Å². The van der Waals surface area contributed by atoms with Crippen LogP contribution in [0.3, 0.4) is 0 Å². The summed E-state index contributed by atoms with van der Waals surface area (Å²) in [6.07, 6.45) is -0.591. The molecule has 2 amide bonds. The van der Waals surface area contributed by atoms with E-state index in [1.807, 2.05) is 60.7 Å². The first-order valence-corrected chi connectivity index (χ1v) is 12.7. The van der Waals surface area contributed by atoms with Gasteiger partial charge >= 0.3 is 6.09 Å². The lowest BCUT2D eigenvalue weighted by Crippen LogP contribution is -2.35. The highest BCUT2D eigenvalue weighted by Crippen LogP contribution is 2.42. The molecule has 0 saturated heterocycles. The molecule has 2 aromatic rings. The summed E-state index contributed by atoms with van der Waals surface area (Å²) in [5, 5.41) is 5.38. The van der Waals surface area contributed by atoms with Gasteiger partial charge in [-0.05, 0) is 38.3 Å². The maximum atomic E-state index is 12.9. The first-order chi connectivity index (χ1) is 15.0. The van der Waals surface area contributed by atoms with E-state index < -0.39 is 25.0 Å². The van der Waals surface area contributed by atoms with Crippen molar-refractivity contribution >= 4 is 19.4 Å². The van der Waals surface area contributed by atoms with Gasteiger partial charge in [0.25, 0.3) is 0 Å². The fourth-order valence-corrected chi connectivity index (χ4v) is 4.78. The predicted octanol–water partition coefficient (Wildman–Crippen LogP) is 3.96. The molecule has 0 heterocycles. The van der Waals surface area contributed by atoms with E-state index in [1.165, 1.54) is 0 Å². The van der Waals surface area contributed by atoms with Crippen molar-refractivity contribution in [3.63, 3.8) is 0 Å². The van der Waals surface area contributed by atoms with Gasteiger partial charge < -0.3 is 20.3 Å². The number of carbonyl (C=O) groups is 2. The van der Waals surface area contributed by atoms with E-state index in [2.05, 4.69) is 10.6 Å². The van der Waals surface area contributed by atoms with E-state index >= 15 is 0 Å². The Morgan fingerprint density at radius 3 is 2.09 bits per heavy atom. The van der Waals surface area contributed by atoms with Gasteiger partial charge in [0, 0.05) is 25.4 Å². The number of hydrogen-bond donors (Lipinski definition) is 3. The summed E-state index contributed by atoms with van der Waals surface area (Å²) < 4.78 is 18.0. The molecule has 8 heteroatoms. The molecule has 2 aromatic carbocycles. The van der Waals surface area contributed by atoms with Gasteiger partial charge in [0.05, 0.1) is 5.92 Å². The minimum Gasteiger partial charge on any atom is -0.444 e. The standard InChI is InChI=1S/C24H33N2O5P/c1-24(2,3)31-23(28)25-14-15-32(29,30)18-21(16-19-10-6-4-7-11-19)22(27)26-17-20-12-8-5-9-13-20/h4-13,21H,14-18H2,1-3H3,(H,25,28)(H,26,27)(H,29,30). The van der Waals surface area contributed by atoms with Gasteiger partial charge in [-0.15, -0.1) is 0 Å². The molecule has 174 valence electrons. The highest BCUT2D eigenvalue weighted by atomic mass is 31.2. The van der Waals surface area contributed by atoms with Gasteiger partial charge in [-0.25, -0.2) is 4.79 Å². The summed E-state index contributed by atoms with van der Waals surface area (Å²) in [4.78, 5) is 35.2. The van der Waals surface area contributed by atoms with Crippen LogP contribution in [0.5, 0.6) is 0 Å². The van der Waals surface area contributed by atoms with Crippen molar-refractivity contribution in [2.24, 2.45) is 5.92 Å². The molecule has 32 heavy (non-hydrogen) atoms. The fraction of sp³-hybridized carbons (Fsp3) is 0.417. The Morgan fingerprint density at radius 1 is 0.969 bits per heavy atom. The lowest BCUT2D eigenvalue weighted by Gasteiger charge is -2.22. The third-order valence-corrected chi connectivity index (χ3v) is 6.57. The molecular weight excluding hydrogens is 427 g/mol. The summed E-state index contributed by atoms with van der Waals surface area (Å²) >= 11 is 0. The van der Waals surface area contributed by atoms with E-state index in [0.717, 1.165) is 11.1 Å². The molecular formula is C24H33N2O5P. The Bertz CT molecular complexity index is 913. The largest absolute Gasteiger partial charge is 0.444 e. The van der Waals surface area contributed by atoms with Crippen LogP contribution in [0.2, 0.25) is 0 Å². The number of hydrogen-bond acceptors (Lipinski definition) is 4. The van der Waals surface area contributed by atoms with Crippen LogP contribution in [0, 0.1) is 5.92 Å². The van der Waals surface area contributed by atoms with Crippen LogP contribution in [0.4, 0.5) is 4.79 Å². The Hall–Kier alpha value is -2.63. The average Bonchev–Trinajstić information content (AvgIpc) is 2.71. The molecule has 0 bridgehead atoms. The topological polar surface area (TPSA) is 105 Å². The second-order valence-corrected chi connectivity index (χ2v) is 11.3. The van der Waals surface area contributed by atoms with Crippen molar-refractivity contribution in [1.29, 1.82) is 0 Å². The Labute approximate surface area is 190 Å². The number of benzene rings is 2. The zero-order valence-corrected chi connectivity index (χ0v) is 19.8. The Morgan fingerprint density at radius 2 is 1.53 bits per heavy atom. The predicted molar refractivity (Wildman–Crippen MR) is 126 cm³/mol. The normalized spacial score (nSPS) is 14.1. The van der Waals surface area contributed by atoms with Crippen molar-refractivity contribution in [2.45, 2.75) is 39.3 Å². The molecule has 0 spiro atoms. The minimum absolute atomic E-state index is 0.00756. The van der Waals surface area contributed by atoms with Crippen molar-refractivity contribution in [3.8, 4) is 0 Å². The summed E-state index contributed by atoms with van der Waals surface area (Å²) in [6, 6.07) is 18.9. The molecule has 0 fully saturated rings. The number of rotatable bonds is 10. The first-order valence-electron chi connectivity index (χ1n) is 10.7. The average molecular weight is 461 g/mol. The fourth-order valence-electron chi connectivity index (χ4n) is 3.15. The van der Waals surface area contributed by atoms with E-state index in [9.17, 15) is 19.0 Å². The molecule has 0 aliphatic heterocycles. The van der Waals surface area contributed by atoms with Crippen LogP contribution in [-0.2, 0) is 27.1 Å². The molecule has 0 aliphatic rings. The number of ether oxygens (including phenoxy) is 1. The van der Waals surface area contributed by atoms with Crippen molar-refractivity contribution < 1.29 is 23.8 Å². The quantitative estimate of drug-likeness (QED) is 0.466. The monoisotopic (exact) mass is 460 g/mol. The highest BCUT2D eigenvalue weighted by molar-refractivity contribution is 7.58. The Kier molecular flexibility index (Phi) is 9.48. The first kappa shape index (κ1) is 25.6. The third kappa shape index (κ3) is 10.1. The third-order valence-electron chi connectivity index (χ3n) is 4.64. The maximum absolute atomic E-state index is 12.9. The summed E-state index contributed by atoms with van der Waals surface area (Å²) in [5.74, 6) is -0.939. The van der Waals surface area contributed by atoms with Crippen LogP contribution in [0.25, 0.3) is 0 Å². The van der Waals surface area contributed by atoms with Gasteiger partial charge in [-0.3, -0.25) is 9.36 Å². The van der Waals surface area contributed by atoms with E-state index in [4.69, 9.17) is 4.74 Å². The van der Waals surface area contributed by atoms with Crippen LogP contribution >= 0.6 is 7.37 Å². The van der Waals surface area contributed by atoms with E-state index in [0.29, 0.717) is 13.0 Å². The number of alkyl carbamates (subject to hydrolysis) is 1. The lowest BCUT2D eigenvalue weighted by molar-refractivity contribution is -0.124. The SMILES string of the molecule is CC(C)(C)OC(=O)NCCP(=O)(O)CC(Cc1ccccc1)C(=O)NCc1ccccc1. The second-order valence-electron chi connectivity index (χ2n) is 8.77. The Balaban J connectivity index is 1.98. The highest BCUT2D eigenvalue weighted by Gasteiger charge is 2.29. The van der Waals surface area contributed by atoms with Crippen molar-refractivity contribution in [3.05, 3.63) is 71.8 Å². The van der Waals surface area contributed by atoms with Crippen LogP contribution in [0.15, 0.2) is 60.7 Å². The van der Waals surface area contributed by atoms with Gasteiger partial charge in [-0.1, -0.05) is 60.7 Å². The number of nitrogens with one attached hydrogen (secondary N) is 2. The second kappa shape index (κ2) is 11.8. The summed E-state index contributed by atoms with van der Waals surface area (Å²) in [7, 11) is -3.67. The molecule has 0 saturated carbocycles. The number of carbonyl (C=O) groups excluding carboxylic acids is 2. The van der Waals surface area contributed by atoms with E-state index in [1.54, 1.807) is 20.8 Å². The molecule has 0 radical (unpaired) electrons. The van der Waals surface area contributed by atoms with Gasteiger partial charge in [-0.2, -0.15) is 0 Å². The van der Waals surface area contributed by atoms with Gasteiger partial charge in [0.15, 0.2) is 0 Å².